The topological polar surface area (TPSA) is 49.1 Å². The number of rotatable bonds is 7. The smallest absolute Gasteiger partial charge is 0.222 e. The first-order chi connectivity index (χ1) is 58.8. The van der Waals surface area contributed by atoms with Crippen LogP contribution in [0, 0.1) is 132 Å². The Labute approximate surface area is 731 Å². The molecule has 0 amide bonds. The van der Waals surface area contributed by atoms with Crippen molar-refractivity contribution in [2.75, 3.05) is 0 Å². The van der Waals surface area contributed by atoms with Crippen LogP contribution in [0.3, 0.4) is 0 Å². The Kier molecular flexibility index (Phi) is 26.8. The zero-order chi connectivity index (χ0) is 88.1. The van der Waals surface area contributed by atoms with Crippen LogP contribution in [0.25, 0.3) is 132 Å². The summed E-state index contributed by atoms with van der Waals surface area (Å²) >= 11 is 0. The van der Waals surface area contributed by atoms with E-state index in [1.165, 1.54) is 244 Å². The van der Waals surface area contributed by atoms with Crippen molar-refractivity contribution in [1.82, 2.24) is 9.97 Å². The minimum Gasteiger partial charge on any atom is -0.264 e. The second kappa shape index (κ2) is 37.5. The molecule has 618 valence electrons. The van der Waals surface area contributed by atoms with Crippen molar-refractivity contribution in [3.8, 4) is 67.5 Å². The molecule has 8 heteroatoms. The minimum atomic E-state index is 1.07. The lowest BCUT2D eigenvalue weighted by molar-refractivity contribution is -0.665. The maximum absolute atomic E-state index is 4.29. The van der Waals surface area contributed by atoms with Gasteiger partial charge in [0, 0.05) is 119 Å². The predicted octanol–water partition coefficient (Wildman–Crippen LogP) is 25.2. The van der Waals surface area contributed by atoms with Gasteiger partial charge in [0.1, 0.15) is 42.3 Å². The van der Waals surface area contributed by atoms with Crippen LogP contribution in [0.1, 0.15) is 119 Å². The molecule has 0 spiro atoms. The van der Waals surface area contributed by atoms with E-state index in [1.54, 1.807) is 0 Å². The molecule has 123 heavy (non-hydrogen) atoms. The van der Waals surface area contributed by atoms with Crippen molar-refractivity contribution in [2.24, 2.45) is 42.3 Å². The van der Waals surface area contributed by atoms with Crippen LogP contribution < -0.4 is 27.4 Å². The van der Waals surface area contributed by atoms with Crippen molar-refractivity contribution >= 4 is 64.6 Å². The third-order valence-corrected chi connectivity index (χ3v) is 25.3. The minimum absolute atomic E-state index is 1.07. The van der Waals surface area contributed by atoms with E-state index in [0.29, 0.717) is 0 Å². The maximum atomic E-state index is 4.29. The van der Waals surface area contributed by atoms with E-state index in [9.17, 15) is 0 Å². The number of pyridine rings is 8. The fraction of sp³-hybridized carbons (Fsp3) is 0.235. The van der Waals surface area contributed by atoms with E-state index in [4.69, 9.17) is 0 Å². The summed E-state index contributed by atoms with van der Waals surface area (Å²) in [6, 6.07) is 88.4. The summed E-state index contributed by atoms with van der Waals surface area (Å²) in [6.45, 7) is 43.4. The number of hydrogen-bond donors (Lipinski definition) is 0. The highest BCUT2D eigenvalue weighted by Gasteiger charge is 2.27. The number of nitrogens with zero attached hydrogens (tertiary/aromatic N) is 8. The zero-order valence-electron chi connectivity index (χ0n) is 77.7. The largest absolute Gasteiger partial charge is 0.264 e. The first-order valence-electron chi connectivity index (χ1n) is 43.3. The molecule has 0 radical (unpaired) electrons. The van der Waals surface area contributed by atoms with Gasteiger partial charge in [0.15, 0.2) is 34.2 Å². The highest BCUT2D eigenvalue weighted by Crippen LogP contribution is 2.37. The number of fused-ring (bicyclic) bond motifs is 6. The molecule has 0 aliphatic carbocycles. The van der Waals surface area contributed by atoms with Crippen LogP contribution in [0.2, 0.25) is 0 Å². The highest BCUT2D eigenvalue weighted by atomic mass is 15.0. The molecule has 8 nitrogen and oxygen atoms in total. The van der Waals surface area contributed by atoms with Crippen LogP contribution in [0.4, 0.5) is 0 Å². The summed E-state index contributed by atoms with van der Waals surface area (Å²) in [5.74, 6) is 0. The van der Waals surface area contributed by atoms with Gasteiger partial charge in [-0.1, -0.05) is 174 Å². The number of benzene rings is 10. The maximum Gasteiger partial charge on any atom is 0.222 e. The summed E-state index contributed by atoms with van der Waals surface area (Å²) in [7, 11) is 12.9. The molecule has 8 heterocycles. The van der Waals surface area contributed by atoms with Gasteiger partial charge in [0.2, 0.25) is 34.2 Å². The van der Waals surface area contributed by atoms with Gasteiger partial charge in [-0.3, -0.25) is 9.97 Å². The molecule has 0 bridgehead atoms. The molecule has 18 aromatic rings. The number of aryl methyl sites for hydroxylation is 19. The summed E-state index contributed by atoms with van der Waals surface area (Å²) in [6.07, 6.45) is 8.65. The lowest BCUT2D eigenvalue weighted by Crippen LogP contribution is -2.35. The SMILES string of the molecule is CCc1ccc(C)c(-c2c3ccc(C)cc3cc(C)[n+]2C)c1.Cc1cc(C)c(C)c(-c2c3ccc(C)cc3cc(C)[n+]2C)c1.Cc1ccc(C)c(-c2c3ccc(C)cc3cc(C)[n+]2C)c1.Cc1ccc2c(-c3ccccc3C)[n+](C)c(C)cc2c1.Cc1ccncc1-c1c2ccccc2cc(C)[n+]1C.Cc1cnccc1-c1c2ccccc2cc(C)[n+]1C. The van der Waals surface area contributed by atoms with Crippen LogP contribution in [-0.2, 0) is 48.7 Å². The van der Waals surface area contributed by atoms with Crippen molar-refractivity contribution in [3.63, 3.8) is 0 Å². The number of aromatic nitrogens is 8. The van der Waals surface area contributed by atoms with Gasteiger partial charge in [-0.25, -0.2) is 0 Å². The van der Waals surface area contributed by atoms with Gasteiger partial charge in [0.05, 0.1) is 49.0 Å². The second-order valence-electron chi connectivity index (χ2n) is 34.5. The molecule has 0 aliphatic rings. The Morgan fingerprint density at radius 1 is 0.211 bits per heavy atom. The third-order valence-electron chi connectivity index (χ3n) is 25.3. The van der Waals surface area contributed by atoms with E-state index in [0.717, 1.165) is 6.42 Å². The molecule has 18 rings (SSSR count). The van der Waals surface area contributed by atoms with Gasteiger partial charge < -0.3 is 0 Å². The third kappa shape index (κ3) is 18.7. The monoisotopic (exact) mass is 1620 g/mol. The van der Waals surface area contributed by atoms with E-state index in [2.05, 4.69) is 461 Å². The molecule has 0 N–H and O–H groups in total. The molecule has 8 aromatic heterocycles. The molecule has 0 aliphatic heterocycles. The summed E-state index contributed by atoms with van der Waals surface area (Å²) in [5.41, 5.74) is 41.6. The molecule has 0 unspecified atom stereocenters. The Morgan fingerprint density at radius 3 is 0.943 bits per heavy atom. The quantitative estimate of drug-likeness (QED) is 0.149. The average Bonchev–Trinajstić information content (AvgIpc) is 0.740. The molecule has 0 atom stereocenters. The average molecular weight is 1620 g/mol. The van der Waals surface area contributed by atoms with E-state index >= 15 is 0 Å². The van der Waals surface area contributed by atoms with Gasteiger partial charge in [0.25, 0.3) is 0 Å². The Bertz CT molecular complexity index is 6970. The molecule has 0 saturated heterocycles. The van der Waals surface area contributed by atoms with Crippen molar-refractivity contribution in [2.45, 2.75) is 145 Å². The van der Waals surface area contributed by atoms with Crippen molar-refractivity contribution in [1.29, 1.82) is 0 Å². The fourth-order valence-corrected chi connectivity index (χ4v) is 17.5. The lowest BCUT2D eigenvalue weighted by atomic mass is 9.94. The fourth-order valence-electron chi connectivity index (χ4n) is 17.5. The Morgan fingerprint density at radius 2 is 0.520 bits per heavy atom. The van der Waals surface area contributed by atoms with Crippen LogP contribution >= 0.6 is 0 Å². The first kappa shape index (κ1) is 87.8. The first-order valence-corrected chi connectivity index (χ1v) is 43.3. The zero-order valence-corrected chi connectivity index (χ0v) is 77.7. The van der Waals surface area contributed by atoms with E-state index in [-0.39, 0.29) is 0 Å². The van der Waals surface area contributed by atoms with Gasteiger partial charge in [-0.15, -0.1) is 0 Å². The van der Waals surface area contributed by atoms with Crippen LogP contribution in [0.15, 0.2) is 267 Å². The molecule has 10 aromatic carbocycles. The Balaban J connectivity index is 0.000000127. The predicted molar refractivity (Wildman–Crippen MR) is 518 cm³/mol. The van der Waals surface area contributed by atoms with Gasteiger partial charge >= 0.3 is 0 Å². The van der Waals surface area contributed by atoms with E-state index < -0.39 is 0 Å². The van der Waals surface area contributed by atoms with Gasteiger partial charge in [-0.2, -0.15) is 27.4 Å². The highest BCUT2D eigenvalue weighted by molar-refractivity contribution is 5.99. The van der Waals surface area contributed by atoms with E-state index in [1.807, 2.05) is 24.8 Å². The Hall–Kier alpha value is -13.0. The molecular formula is C115H124N8+6. The summed E-state index contributed by atoms with van der Waals surface area (Å²) in [4.78, 5) is 8.48. The molecule has 0 saturated carbocycles. The summed E-state index contributed by atoms with van der Waals surface area (Å²) in [5, 5.41) is 15.7. The van der Waals surface area contributed by atoms with Gasteiger partial charge in [-0.05, 0) is 246 Å². The summed E-state index contributed by atoms with van der Waals surface area (Å²) < 4.78 is 13.7. The number of hydrogen-bond acceptors (Lipinski definition) is 2. The molecule has 0 fully saturated rings. The lowest BCUT2D eigenvalue weighted by Gasteiger charge is -2.13. The van der Waals surface area contributed by atoms with Crippen LogP contribution in [0.5, 0.6) is 0 Å². The molecular weight excluding hydrogens is 1490 g/mol. The second-order valence-corrected chi connectivity index (χ2v) is 34.5. The standard InChI is InChI=1S/2C21H24N.C20H22N.C19H20N.2C17H17N2/c1-13-7-8-19-18(10-13)12-16(4)22(6)21(19)20-11-14(2)9-15(3)17(20)5;1-6-17-9-8-15(3)20(13-17)21-19-10-7-14(2)11-18(19)12-16(4)22(21)5;1-13-7-9-18-17(10-13)12-16(4)21(5)20(18)19-11-14(2)6-8-15(19)3;1-13-9-10-18-16(11-13)12-15(3)20(4)19(18)17-8-6-5-7-14(17)2;1-12-11-18-9-8-15(12)17-16-7-5-4-6-14(16)10-13(2)19(17)3;1-12-8-9-18-11-16(12)17-15-7-5-4-6-14(15)10-13(2)19(17)3/h7-12H,1-6H3;7-13H,6H2,1-5H3;6-12H,1-5H3;5-12H,1-4H3;2*4-11H,1-3H3/q6*+1. The normalized spacial score (nSPS) is 11.0. The van der Waals surface area contributed by atoms with Crippen molar-refractivity contribution < 1.29 is 27.4 Å². The van der Waals surface area contributed by atoms with Crippen LogP contribution in [-0.4, -0.2) is 9.97 Å². The van der Waals surface area contributed by atoms with Crippen molar-refractivity contribution in [3.05, 3.63) is 379 Å².